The number of ether oxygens (including phenoxy) is 1. The molecule has 1 heterocycles. The maximum atomic E-state index is 12.3. The maximum absolute atomic E-state index is 12.3. The number of carbonyl (C=O) groups excluding carboxylic acids is 1. The molecule has 6 nitrogen and oxygen atoms in total. The molecule has 0 aromatic rings. The number of hydrogen-bond acceptors (Lipinski definition) is 4. The van der Waals surface area contributed by atoms with E-state index in [1.807, 2.05) is 6.92 Å². The summed E-state index contributed by atoms with van der Waals surface area (Å²) in [4.78, 5) is 12.3. The molecule has 4 N–H and O–H groups in total. The SMILES string of the molecule is CC1(NC(=O)C2(C(N)=NO)CCC2)CCOC1. The zero-order chi connectivity index (χ0) is 12.5. The largest absolute Gasteiger partial charge is 0.409 e. The maximum Gasteiger partial charge on any atom is 0.234 e. The van der Waals surface area contributed by atoms with Crippen molar-refractivity contribution in [3.63, 3.8) is 0 Å². The highest BCUT2D eigenvalue weighted by Crippen LogP contribution is 2.42. The van der Waals surface area contributed by atoms with Crippen molar-refractivity contribution in [3.8, 4) is 0 Å². The fourth-order valence-corrected chi connectivity index (χ4v) is 2.38. The Morgan fingerprint density at radius 1 is 1.47 bits per heavy atom. The van der Waals surface area contributed by atoms with Crippen LogP contribution in [0.25, 0.3) is 0 Å². The summed E-state index contributed by atoms with van der Waals surface area (Å²) in [6.45, 7) is 3.13. The van der Waals surface area contributed by atoms with Crippen LogP contribution in [0.2, 0.25) is 0 Å². The van der Waals surface area contributed by atoms with Crippen LogP contribution in [-0.2, 0) is 9.53 Å². The van der Waals surface area contributed by atoms with Crippen LogP contribution >= 0.6 is 0 Å². The molecule has 96 valence electrons. The van der Waals surface area contributed by atoms with Crippen molar-refractivity contribution >= 4 is 11.7 Å². The van der Waals surface area contributed by atoms with Crippen LogP contribution in [-0.4, -0.2) is 35.7 Å². The molecule has 6 heteroatoms. The molecule has 0 bridgehead atoms. The van der Waals surface area contributed by atoms with Gasteiger partial charge in [0.15, 0.2) is 5.84 Å². The van der Waals surface area contributed by atoms with Crippen molar-refractivity contribution < 1.29 is 14.7 Å². The predicted octanol–water partition coefficient (Wildman–Crippen LogP) is 0.198. The summed E-state index contributed by atoms with van der Waals surface area (Å²) >= 11 is 0. The molecule has 1 aliphatic heterocycles. The first-order chi connectivity index (χ1) is 8.02. The van der Waals surface area contributed by atoms with E-state index in [0.717, 1.165) is 12.8 Å². The highest BCUT2D eigenvalue weighted by Gasteiger charge is 2.50. The predicted molar refractivity (Wildman–Crippen MR) is 61.7 cm³/mol. The van der Waals surface area contributed by atoms with Gasteiger partial charge in [-0.15, -0.1) is 0 Å². The third-order valence-corrected chi connectivity index (χ3v) is 3.87. The highest BCUT2D eigenvalue weighted by molar-refractivity contribution is 6.07. The van der Waals surface area contributed by atoms with Crippen molar-refractivity contribution in [2.75, 3.05) is 13.2 Å². The topological polar surface area (TPSA) is 96.9 Å². The zero-order valence-electron chi connectivity index (χ0n) is 10.0. The molecular weight excluding hydrogens is 222 g/mol. The van der Waals surface area contributed by atoms with Gasteiger partial charge in [0.1, 0.15) is 5.41 Å². The van der Waals surface area contributed by atoms with Gasteiger partial charge in [-0.25, -0.2) is 0 Å². The van der Waals surface area contributed by atoms with Gasteiger partial charge in [-0.2, -0.15) is 0 Å². The van der Waals surface area contributed by atoms with Crippen LogP contribution < -0.4 is 11.1 Å². The standard InChI is InChI=1S/C11H19N3O3/c1-10(5-6-17-7-10)13-9(15)11(3-2-4-11)8(12)14-16/h16H,2-7H2,1H3,(H2,12,14)(H,13,15). The Balaban J connectivity index is 2.08. The first kappa shape index (κ1) is 12.2. The first-order valence-electron chi connectivity index (χ1n) is 5.91. The van der Waals surface area contributed by atoms with E-state index in [2.05, 4.69) is 10.5 Å². The van der Waals surface area contributed by atoms with Crippen LogP contribution in [0.1, 0.15) is 32.6 Å². The molecule has 0 aromatic heterocycles. The van der Waals surface area contributed by atoms with Gasteiger partial charge in [0.2, 0.25) is 5.91 Å². The summed E-state index contributed by atoms with van der Waals surface area (Å²) in [5, 5.41) is 14.7. The number of nitrogens with zero attached hydrogens (tertiary/aromatic N) is 1. The van der Waals surface area contributed by atoms with E-state index < -0.39 is 5.41 Å². The minimum absolute atomic E-state index is 0.0174. The Kier molecular flexibility index (Phi) is 2.99. The fraction of sp³-hybridized carbons (Fsp3) is 0.818. The van der Waals surface area contributed by atoms with E-state index in [1.165, 1.54) is 0 Å². The molecule has 0 aromatic carbocycles. The smallest absolute Gasteiger partial charge is 0.234 e. The molecule has 1 atom stereocenters. The Morgan fingerprint density at radius 3 is 2.59 bits per heavy atom. The number of oxime groups is 1. The Labute approximate surface area is 100 Å². The molecule has 0 spiro atoms. The van der Waals surface area contributed by atoms with Crippen molar-refractivity contribution in [2.45, 2.75) is 38.1 Å². The third kappa shape index (κ3) is 1.97. The second-order valence-corrected chi connectivity index (χ2v) is 5.24. The molecule has 1 amide bonds. The second kappa shape index (κ2) is 4.18. The van der Waals surface area contributed by atoms with Crippen LogP contribution in [0.15, 0.2) is 5.16 Å². The van der Waals surface area contributed by atoms with Crippen LogP contribution in [0.4, 0.5) is 0 Å². The molecule has 0 radical (unpaired) electrons. The van der Waals surface area contributed by atoms with Gasteiger partial charge in [0.05, 0.1) is 12.1 Å². The summed E-state index contributed by atoms with van der Waals surface area (Å²) < 4.78 is 5.29. The summed E-state index contributed by atoms with van der Waals surface area (Å²) in [5.74, 6) is -0.129. The lowest BCUT2D eigenvalue weighted by Gasteiger charge is -2.41. The van der Waals surface area contributed by atoms with Crippen molar-refractivity contribution in [3.05, 3.63) is 0 Å². The quantitative estimate of drug-likeness (QED) is 0.284. The normalized spacial score (nSPS) is 31.9. The van der Waals surface area contributed by atoms with E-state index in [1.54, 1.807) is 0 Å². The summed E-state index contributed by atoms with van der Waals surface area (Å²) in [7, 11) is 0. The average molecular weight is 241 g/mol. The Hall–Kier alpha value is -1.30. The van der Waals surface area contributed by atoms with Crippen molar-refractivity contribution in [1.82, 2.24) is 5.32 Å². The highest BCUT2D eigenvalue weighted by atomic mass is 16.5. The van der Waals surface area contributed by atoms with Gasteiger partial charge in [-0.3, -0.25) is 4.79 Å². The van der Waals surface area contributed by atoms with Gasteiger partial charge in [0.25, 0.3) is 0 Å². The monoisotopic (exact) mass is 241 g/mol. The molecule has 1 saturated heterocycles. The molecule has 1 saturated carbocycles. The minimum Gasteiger partial charge on any atom is -0.409 e. The number of rotatable bonds is 3. The van der Waals surface area contributed by atoms with E-state index in [9.17, 15) is 4.79 Å². The minimum atomic E-state index is -0.805. The lowest BCUT2D eigenvalue weighted by molar-refractivity contribution is -0.133. The van der Waals surface area contributed by atoms with E-state index in [0.29, 0.717) is 26.1 Å². The average Bonchev–Trinajstić information content (AvgIpc) is 2.62. The number of amidine groups is 1. The lowest BCUT2D eigenvalue weighted by Crippen LogP contribution is -2.59. The molecule has 1 aliphatic carbocycles. The molecule has 17 heavy (non-hydrogen) atoms. The lowest BCUT2D eigenvalue weighted by atomic mass is 9.67. The van der Waals surface area contributed by atoms with Crippen LogP contribution in [0.3, 0.4) is 0 Å². The number of hydrogen-bond donors (Lipinski definition) is 3. The summed E-state index contributed by atoms with van der Waals surface area (Å²) in [6.07, 6.45) is 3.01. The second-order valence-electron chi connectivity index (χ2n) is 5.24. The molecule has 2 fully saturated rings. The Morgan fingerprint density at radius 2 is 2.18 bits per heavy atom. The molecule has 1 unspecified atom stereocenters. The number of carbonyl (C=O) groups is 1. The van der Waals surface area contributed by atoms with E-state index in [4.69, 9.17) is 15.7 Å². The molecule has 2 aliphatic rings. The van der Waals surface area contributed by atoms with Gasteiger partial charge >= 0.3 is 0 Å². The fourth-order valence-electron chi connectivity index (χ4n) is 2.38. The van der Waals surface area contributed by atoms with E-state index >= 15 is 0 Å². The molecule has 2 rings (SSSR count). The summed E-state index contributed by atoms with van der Waals surface area (Å²) in [5.41, 5.74) is 4.51. The van der Waals surface area contributed by atoms with Gasteiger partial charge < -0.3 is 21.0 Å². The van der Waals surface area contributed by atoms with E-state index in [-0.39, 0.29) is 17.3 Å². The van der Waals surface area contributed by atoms with Crippen molar-refractivity contribution in [2.24, 2.45) is 16.3 Å². The Bertz CT molecular complexity index is 344. The van der Waals surface area contributed by atoms with Crippen LogP contribution in [0, 0.1) is 5.41 Å². The molecular formula is C11H19N3O3. The van der Waals surface area contributed by atoms with Gasteiger partial charge in [-0.1, -0.05) is 11.6 Å². The van der Waals surface area contributed by atoms with Crippen LogP contribution in [0.5, 0.6) is 0 Å². The van der Waals surface area contributed by atoms with Gasteiger partial charge in [-0.05, 0) is 26.2 Å². The number of nitrogens with two attached hydrogens (primary N) is 1. The third-order valence-electron chi connectivity index (χ3n) is 3.87. The first-order valence-corrected chi connectivity index (χ1v) is 5.91. The van der Waals surface area contributed by atoms with Crippen molar-refractivity contribution in [1.29, 1.82) is 0 Å². The zero-order valence-corrected chi connectivity index (χ0v) is 10.0. The van der Waals surface area contributed by atoms with Gasteiger partial charge in [0, 0.05) is 6.61 Å². The number of nitrogens with one attached hydrogen (secondary N) is 1. The number of amides is 1. The summed E-state index contributed by atoms with van der Waals surface area (Å²) in [6, 6.07) is 0.